The maximum absolute atomic E-state index is 12.3. The van der Waals surface area contributed by atoms with Gasteiger partial charge < -0.3 is 0 Å². The third kappa shape index (κ3) is 2.58. The van der Waals surface area contributed by atoms with E-state index in [0.29, 0.717) is 5.69 Å². The van der Waals surface area contributed by atoms with E-state index < -0.39 is 10.2 Å². The summed E-state index contributed by atoms with van der Waals surface area (Å²) in [5.74, 6) is 0. The Morgan fingerprint density at radius 2 is 2.09 bits per heavy atom. The normalized spacial score (nSPS) is 16.5. The molecule has 0 radical (unpaired) electrons. The van der Waals surface area contributed by atoms with Gasteiger partial charge in [-0.05, 0) is 47.8 Å². The number of imidazole rings is 1. The fourth-order valence-electron chi connectivity index (χ4n) is 2.58. The standard InChI is InChI=1S/C15H16ClN3O2S/c1-18(2)22(20,21)19-10-17-9-14(19)8-12-4-3-11-7-13(16)5-6-15(11)12/h5-10H,3-4H2,1-2H3. The molecule has 0 atom stereocenters. The van der Waals surface area contributed by atoms with E-state index in [9.17, 15) is 8.42 Å². The second kappa shape index (κ2) is 5.53. The number of fused-ring (bicyclic) bond motifs is 1. The number of benzene rings is 1. The molecule has 0 bridgehead atoms. The van der Waals surface area contributed by atoms with E-state index in [4.69, 9.17) is 11.6 Å². The van der Waals surface area contributed by atoms with Crippen LogP contribution in [0.5, 0.6) is 0 Å². The van der Waals surface area contributed by atoms with E-state index in [0.717, 1.165) is 29.0 Å². The molecule has 22 heavy (non-hydrogen) atoms. The third-order valence-corrected chi connectivity index (χ3v) is 5.70. The molecule has 0 saturated heterocycles. The summed E-state index contributed by atoms with van der Waals surface area (Å²) in [5.41, 5.74) is 3.97. The molecule has 1 aromatic carbocycles. The highest BCUT2D eigenvalue weighted by Crippen LogP contribution is 2.35. The lowest BCUT2D eigenvalue weighted by molar-refractivity contribution is 0.510. The average Bonchev–Trinajstić information content (AvgIpc) is 3.06. The molecule has 7 heteroatoms. The molecule has 1 heterocycles. The van der Waals surface area contributed by atoms with Gasteiger partial charge in [0.05, 0.1) is 11.9 Å². The maximum Gasteiger partial charge on any atom is 0.308 e. The molecule has 1 aromatic heterocycles. The van der Waals surface area contributed by atoms with Gasteiger partial charge in [0.1, 0.15) is 6.33 Å². The van der Waals surface area contributed by atoms with Crippen LogP contribution in [0.25, 0.3) is 11.6 Å². The minimum absolute atomic E-state index is 0.548. The van der Waals surface area contributed by atoms with Crippen molar-refractivity contribution < 1.29 is 8.42 Å². The van der Waals surface area contributed by atoms with E-state index in [-0.39, 0.29) is 0 Å². The molecule has 1 aliphatic rings. The molecule has 0 aliphatic heterocycles. The third-order valence-electron chi connectivity index (χ3n) is 3.74. The highest BCUT2D eigenvalue weighted by Gasteiger charge is 2.21. The van der Waals surface area contributed by atoms with Crippen LogP contribution in [0.2, 0.25) is 5.02 Å². The van der Waals surface area contributed by atoms with Gasteiger partial charge in [0.15, 0.2) is 0 Å². The molecule has 0 amide bonds. The molecule has 1 aliphatic carbocycles. The predicted octanol–water partition coefficient (Wildman–Crippen LogP) is 2.68. The zero-order chi connectivity index (χ0) is 15.9. The van der Waals surface area contributed by atoms with E-state index in [2.05, 4.69) is 4.98 Å². The van der Waals surface area contributed by atoms with Crippen molar-refractivity contribution in [3.8, 4) is 0 Å². The molecule has 0 spiro atoms. The summed E-state index contributed by atoms with van der Waals surface area (Å²) < 4.78 is 26.9. The van der Waals surface area contributed by atoms with Crippen molar-refractivity contribution in [2.75, 3.05) is 14.1 Å². The zero-order valence-corrected chi connectivity index (χ0v) is 13.9. The van der Waals surface area contributed by atoms with Crippen molar-refractivity contribution in [2.45, 2.75) is 12.8 Å². The lowest BCUT2D eigenvalue weighted by Gasteiger charge is -2.13. The fourth-order valence-corrected chi connectivity index (χ4v) is 3.66. The van der Waals surface area contributed by atoms with Crippen molar-refractivity contribution in [1.29, 1.82) is 0 Å². The van der Waals surface area contributed by atoms with Crippen LogP contribution < -0.4 is 0 Å². The highest BCUT2D eigenvalue weighted by molar-refractivity contribution is 7.87. The van der Waals surface area contributed by atoms with Crippen molar-refractivity contribution in [1.82, 2.24) is 13.3 Å². The molecule has 3 rings (SSSR count). The fraction of sp³-hybridized carbons (Fsp3) is 0.267. The number of aromatic nitrogens is 2. The summed E-state index contributed by atoms with van der Waals surface area (Å²) in [7, 11) is -0.570. The lowest BCUT2D eigenvalue weighted by Crippen LogP contribution is -2.29. The monoisotopic (exact) mass is 337 g/mol. The summed E-state index contributed by atoms with van der Waals surface area (Å²) in [6.07, 6.45) is 6.54. The molecular weight excluding hydrogens is 322 g/mol. The molecule has 116 valence electrons. The van der Waals surface area contributed by atoms with Crippen LogP contribution in [0.3, 0.4) is 0 Å². The summed E-state index contributed by atoms with van der Waals surface area (Å²) in [6.45, 7) is 0. The number of allylic oxidation sites excluding steroid dienone is 1. The molecular formula is C15H16ClN3O2S. The van der Waals surface area contributed by atoms with E-state index in [1.165, 1.54) is 34.3 Å². The second-order valence-corrected chi connectivity index (χ2v) is 7.83. The summed E-state index contributed by atoms with van der Waals surface area (Å²) in [5, 5.41) is 0.722. The van der Waals surface area contributed by atoms with Gasteiger partial charge in [-0.3, -0.25) is 0 Å². The van der Waals surface area contributed by atoms with Crippen LogP contribution in [0, 0.1) is 0 Å². The van der Waals surface area contributed by atoms with Crippen molar-refractivity contribution >= 4 is 33.5 Å². The first-order chi connectivity index (χ1) is 10.4. The van der Waals surface area contributed by atoms with E-state index in [1.807, 2.05) is 24.3 Å². The largest absolute Gasteiger partial charge is 0.308 e. The molecule has 0 unspecified atom stereocenters. The minimum Gasteiger partial charge on any atom is -0.243 e. The van der Waals surface area contributed by atoms with Crippen LogP contribution in [0.15, 0.2) is 30.7 Å². The van der Waals surface area contributed by atoms with Crippen molar-refractivity contribution in [2.24, 2.45) is 0 Å². The van der Waals surface area contributed by atoms with Gasteiger partial charge in [-0.15, -0.1) is 0 Å². The van der Waals surface area contributed by atoms with Crippen molar-refractivity contribution in [3.63, 3.8) is 0 Å². The maximum atomic E-state index is 12.3. The van der Waals surface area contributed by atoms with Gasteiger partial charge in [-0.25, -0.2) is 8.96 Å². The molecule has 0 N–H and O–H groups in total. The van der Waals surface area contributed by atoms with E-state index >= 15 is 0 Å². The minimum atomic E-state index is -3.57. The number of nitrogens with zero attached hydrogens (tertiary/aromatic N) is 3. The van der Waals surface area contributed by atoms with Crippen LogP contribution >= 0.6 is 11.6 Å². The van der Waals surface area contributed by atoms with Gasteiger partial charge >= 0.3 is 10.2 Å². The summed E-state index contributed by atoms with van der Waals surface area (Å²) in [6, 6.07) is 5.80. The van der Waals surface area contributed by atoms with Crippen LogP contribution in [-0.2, 0) is 16.6 Å². The van der Waals surface area contributed by atoms with Gasteiger partial charge in [0, 0.05) is 19.1 Å². The van der Waals surface area contributed by atoms with Gasteiger partial charge in [0.2, 0.25) is 0 Å². The molecule has 0 fully saturated rings. The Hall–Kier alpha value is -1.63. The summed E-state index contributed by atoms with van der Waals surface area (Å²) in [4.78, 5) is 3.97. The summed E-state index contributed by atoms with van der Waals surface area (Å²) >= 11 is 6.02. The molecule has 0 saturated carbocycles. The molecule has 2 aromatic rings. The SMILES string of the molecule is CN(C)S(=O)(=O)n1cncc1C=C1CCc2cc(Cl)ccc21. The van der Waals surface area contributed by atoms with Crippen LogP contribution in [-0.4, -0.2) is 35.8 Å². The van der Waals surface area contributed by atoms with Gasteiger partial charge in [-0.2, -0.15) is 12.7 Å². The quantitative estimate of drug-likeness (QED) is 0.865. The van der Waals surface area contributed by atoms with Crippen molar-refractivity contribution in [3.05, 3.63) is 52.6 Å². The highest BCUT2D eigenvalue weighted by atomic mass is 35.5. The first kappa shape index (κ1) is 15.3. The Morgan fingerprint density at radius 3 is 2.82 bits per heavy atom. The Bertz CT molecular complexity index is 853. The number of aryl methyl sites for hydroxylation is 1. The Kier molecular flexibility index (Phi) is 3.84. The van der Waals surface area contributed by atoms with Crippen LogP contribution in [0.4, 0.5) is 0 Å². The predicted molar refractivity (Wildman–Crippen MR) is 87.9 cm³/mol. The Labute approximate surface area is 135 Å². The number of hydrogen-bond acceptors (Lipinski definition) is 3. The number of halogens is 1. The average molecular weight is 338 g/mol. The number of rotatable bonds is 3. The lowest BCUT2D eigenvalue weighted by atomic mass is 10.1. The van der Waals surface area contributed by atoms with Crippen LogP contribution in [0.1, 0.15) is 23.2 Å². The second-order valence-electron chi connectivity index (χ2n) is 5.38. The molecule has 5 nitrogen and oxygen atoms in total. The first-order valence-corrected chi connectivity index (χ1v) is 8.62. The Morgan fingerprint density at radius 1 is 1.32 bits per heavy atom. The van der Waals surface area contributed by atoms with Gasteiger partial charge in [0.25, 0.3) is 0 Å². The number of hydrogen-bond donors (Lipinski definition) is 0. The zero-order valence-electron chi connectivity index (χ0n) is 12.3. The smallest absolute Gasteiger partial charge is 0.243 e. The van der Waals surface area contributed by atoms with Gasteiger partial charge in [-0.1, -0.05) is 17.7 Å². The topological polar surface area (TPSA) is 55.2 Å². The van der Waals surface area contributed by atoms with E-state index in [1.54, 1.807) is 6.20 Å². The Balaban J connectivity index is 2.05. The first-order valence-electron chi connectivity index (χ1n) is 6.84.